The number of rotatable bonds is 7. The van der Waals surface area contributed by atoms with E-state index in [1.165, 1.54) is 29.7 Å². The number of halogens is 2. The normalized spacial score (nSPS) is 14.4. The maximum Gasteiger partial charge on any atom is 0.135 e. The molecule has 2 aromatic heterocycles. The van der Waals surface area contributed by atoms with E-state index in [1.54, 1.807) is 30.5 Å². The molecule has 6 heteroatoms. The van der Waals surface area contributed by atoms with Gasteiger partial charge in [-0.2, -0.15) is 0 Å². The Balaban J connectivity index is 2.19. The van der Waals surface area contributed by atoms with E-state index in [0.717, 1.165) is 6.07 Å². The van der Waals surface area contributed by atoms with Crippen LogP contribution in [-0.4, -0.2) is 15.2 Å². The van der Waals surface area contributed by atoms with Crippen LogP contribution in [0.1, 0.15) is 47.8 Å². The highest BCUT2D eigenvalue weighted by molar-refractivity contribution is 7.11. The number of aliphatic hydroxyl groups is 2. The van der Waals surface area contributed by atoms with Crippen molar-refractivity contribution >= 4 is 17.1 Å². The van der Waals surface area contributed by atoms with E-state index < -0.39 is 23.7 Å². The Kier molecular flexibility index (Phi) is 6.54. The highest BCUT2D eigenvalue weighted by atomic mass is 32.1. The van der Waals surface area contributed by atoms with Gasteiger partial charge < -0.3 is 10.2 Å². The van der Waals surface area contributed by atoms with Crippen LogP contribution in [0.3, 0.4) is 0 Å². The van der Waals surface area contributed by atoms with Gasteiger partial charge in [-0.05, 0) is 35.6 Å². The lowest BCUT2D eigenvalue weighted by Crippen LogP contribution is -2.15. The second kappa shape index (κ2) is 9.08. The minimum atomic E-state index is -1.18. The van der Waals surface area contributed by atoms with Crippen LogP contribution in [0.5, 0.6) is 0 Å². The summed E-state index contributed by atoms with van der Waals surface area (Å²) >= 11 is 1.32. The topological polar surface area (TPSA) is 53.4 Å². The monoisotopic (exact) mass is 401 g/mol. The minimum Gasteiger partial charge on any atom is -0.506 e. The van der Waals surface area contributed by atoms with Gasteiger partial charge in [0, 0.05) is 35.5 Å². The Hall–Kier alpha value is -2.57. The number of aliphatic hydroxyl groups excluding tert-OH is 2. The maximum atomic E-state index is 14.6. The van der Waals surface area contributed by atoms with Gasteiger partial charge in [0.05, 0.1) is 4.88 Å². The summed E-state index contributed by atoms with van der Waals surface area (Å²) < 4.78 is 28.1. The zero-order chi connectivity index (χ0) is 20.1. The molecular weight excluding hydrogens is 380 g/mol. The van der Waals surface area contributed by atoms with Crippen molar-refractivity contribution in [3.05, 3.63) is 93.4 Å². The van der Waals surface area contributed by atoms with Gasteiger partial charge >= 0.3 is 0 Å². The molecule has 0 bridgehead atoms. The SMILES string of the molecule is CCCC(/C(=C(\O)c1cccs1)C(O)c1cccnc1)c1ccc(F)cc1F. The first-order valence-corrected chi connectivity index (χ1v) is 9.90. The highest BCUT2D eigenvalue weighted by Crippen LogP contribution is 2.42. The van der Waals surface area contributed by atoms with Crippen LogP contribution >= 0.6 is 11.3 Å². The fourth-order valence-electron chi connectivity index (χ4n) is 3.31. The second-order valence-electron chi connectivity index (χ2n) is 6.48. The Morgan fingerprint density at radius 3 is 2.61 bits per heavy atom. The Labute approximate surface area is 166 Å². The first kappa shape index (κ1) is 20.2. The summed E-state index contributed by atoms with van der Waals surface area (Å²) in [7, 11) is 0. The number of hydrogen-bond acceptors (Lipinski definition) is 4. The standard InChI is InChI=1S/C22H21F2NO2S/c1-2-5-17(16-9-8-15(23)12-18(16)24)20(22(27)19-7-4-11-28-19)21(26)14-6-3-10-25-13-14/h3-4,6-13,17,21,26-27H,2,5H2,1H3/b22-20+. The molecule has 0 saturated carbocycles. The molecule has 0 aliphatic carbocycles. The lowest BCUT2D eigenvalue weighted by atomic mass is 9.81. The third-order valence-electron chi connectivity index (χ3n) is 4.61. The third kappa shape index (κ3) is 4.29. The molecule has 2 atom stereocenters. The van der Waals surface area contributed by atoms with Gasteiger partial charge in [0.25, 0.3) is 0 Å². The fourth-order valence-corrected chi connectivity index (χ4v) is 4.00. The van der Waals surface area contributed by atoms with E-state index in [9.17, 15) is 19.0 Å². The Bertz CT molecular complexity index is 942. The average molecular weight is 401 g/mol. The Morgan fingerprint density at radius 2 is 2.00 bits per heavy atom. The van der Waals surface area contributed by atoms with Crippen molar-refractivity contribution in [2.45, 2.75) is 31.8 Å². The molecule has 0 saturated heterocycles. The van der Waals surface area contributed by atoms with Crippen molar-refractivity contribution in [3.8, 4) is 0 Å². The van der Waals surface area contributed by atoms with Crippen LogP contribution in [0, 0.1) is 11.6 Å². The van der Waals surface area contributed by atoms with E-state index in [1.807, 2.05) is 12.3 Å². The minimum absolute atomic E-state index is 0.0893. The molecule has 3 nitrogen and oxygen atoms in total. The average Bonchev–Trinajstić information content (AvgIpc) is 3.23. The largest absolute Gasteiger partial charge is 0.506 e. The van der Waals surface area contributed by atoms with Gasteiger partial charge in [-0.15, -0.1) is 11.3 Å². The summed E-state index contributed by atoms with van der Waals surface area (Å²) in [5.41, 5.74) is 1.01. The maximum absolute atomic E-state index is 14.6. The highest BCUT2D eigenvalue weighted by Gasteiger charge is 2.30. The van der Waals surface area contributed by atoms with Crippen molar-refractivity contribution in [1.82, 2.24) is 4.98 Å². The van der Waals surface area contributed by atoms with Crippen LogP contribution in [0.25, 0.3) is 5.76 Å². The van der Waals surface area contributed by atoms with Gasteiger partial charge in [-0.1, -0.05) is 31.5 Å². The van der Waals surface area contributed by atoms with Gasteiger partial charge in [-0.3, -0.25) is 4.98 Å². The van der Waals surface area contributed by atoms with Crippen LogP contribution in [0.15, 0.2) is 65.8 Å². The quantitative estimate of drug-likeness (QED) is 0.477. The zero-order valence-corrected chi connectivity index (χ0v) is 16.2. The summed E-state index contributed by atoms with van der Waals surface area (Å²) in [5, 5.41) is 23.9. The molecule has 0 radical (unpaired) electrons. The molecule has 1 aromatic carbocycles. The first-order chi connectivity index (χ1) is 13.5. The van der Waals surface area contributed by atoms with Crippen LogP contribution in [0.4, 0.5) is 8.78 Å². The van der Waals surface area contributed by atoms with Crippen LogP contribution in [-0.2, 0) is 0 Å². The van der Waals surface area contributed by atoms with E-state index in [2.05, 4.69) is 4.98 Å². The summed E-state index contributed by atoms with van der Waals surface area (Å²) in [5.74, 6) is -2.08. The van der Waals surface area contributed by atoms with Crippen LogP contribution < -0.4 is 0 Å². The van der Waals surface area contributed by atoms with Gasteiger partial charge in [0.2, 0.25) is 0 Å². The molecule has 0 amide bonds. The van der Waals surface area contributed by atoms with Crippen molar-refractivity contribution in [3.63, 3.8) is 0 Å². The first-order valence-electron chi connectivity index (χ1n) is 9.02. The summed E-state index contributed by atoms with van der Waals surface area (Å²) in [4.78, 5) is 4.60. The summed E-state index contributed by atoms with van der Waals surface area (Å²) in [6, 6.07) is 10.3. The number of aromatic nitrogens is 1. The summed E-state index contributed by atoms with van der Waals surface area (Å²) in [6.07, 6.45) is 3.07. The second-order valence-corrected chi connectivity index (χ2v) is 7.42. The predicted molar refractivity (Wildman–Crippen MR) is 107 cm³/mol. The lowest BCUT2D eigenvalue weighted by Gasteiger charge is -2.26. The third-order valence-corrected chi connectivity index (χ3v) is 5.49. The molecule has 0 fully saturated rings. The van der Waals surface area contributed by atoms with Crippen molar-refractivity contribution in [2.75, 3.05) is 0 Å². The molecule has 2 heterocycles. The molecule has 3 rings (SSSR count). The van der Waals surface area contributed by atoms with Crippen molar-refractivity contribution in [1.29, 1.82) is 0 Å². The van der Waals surface area contributed by atoms with Gasteiger partial charge in [0.1, 0.15) is 23.5 Å². The lowest BCUT2D eigenvalue weighted by molar-refractivity contribution is 0.203. The number of nitrogens with zero attached hydrogens (tertiary/aromatic N) is 1. The number of thiophene rings is 1. The molecular formula is C22H21F2NO2S. The number of hydrogen-bond donors (Lipinski definition) is 2. The number of pyridine rings is 1. The molecule has 2 N–H and O–H groups in total. The van der Waals surface area contributed by atoms with Gasteiger partial charge in [0.15, 0.2) is 0 Å². The van der Waals surface area contributed by atoms with E-state index in [0.29, 0.717) is 23.3 Å². The smallest absolute Gasteiger partial charge is 0.135 e. The zero-order valence-electron chi connectivity index (χ0n) is 15.3. The molecule has 28 heavy (non-hydrogen) atoms. The van der Waals surface area contributed by atoms with Gasteiger partial charge in [-0.25, -0.2) is 8.78 Å². The molecule has 0 spiro atoms. The van der Waals surface area contributed by atoms with Crippen molar-refractivity contribution in [2.24, 2.45) is 0 Å². The number of benzene rings is 1. The molecule has 0 aliphatic rings. The fraction of sp³-hybridized carbons (Fsp3) is 0.227. The Morgan fingerprint density at radius 1 is 1.18 bits per heavy atom. The van der Waals surface area contributed by atoms with Crippen molar-refractivity contribution < 1.29 is 19.0 Å². The summed E-state index contributed by atoms with van der Waals surface area (Å²) in [6.45, 7) is 1.94. The van der Waals surface area contributed by atoms with E-state index >= 15 is 0 Å². The van der Waals surface area contributed by atoms with Crippen LogP contribution in [0.2, 0.25) is 0 Å². The molecule has 3 aromatic rings. The molecule has 0 aliphatic heterocycles. The predicted octanol–water partition coefficient (Wildman–Crippen LogP) is 6.01. The molecule has 146 valence electrons. The van der Waals surface area contributed by atoms with E-state index in [-0.39, 0.29) is 16.9 Å². The van der Waals surface area contributed by atoms with E-state index in [4.69, 9.17) is 0 Å². The molecule has 2 unspecified atom stereocenters.